The molecule has 0 aliphatic carbocycles. The number of carbonyl (C=O) groups excluding carboxylic acids is 1. The van der Waals surface area contributed by atoms with Gasteiger partial charge in [-0.2, -0.15) is 0 Å². The maximum absolute atomic E-state index is 12.0. The quantitative estimate of drug-likeness (QED) is 0.459. The summed E-state index contributed by atoms with van der Waals surface area (Å²) < 4.78 is 4.91. The Labute approximate surface area is 110 Å². The van der Waals surface area contributed by atoms with Crippen LogP contribution in [0.15, 0.2) is 18.2 Å². The Morgan fingerprint density at radius 2 is 2.26 bits per heavy atom. The van der Waals surface area contributed by atoms with Gasteiger partial charge in [-0.1, -0.05) is 0 Å². The second-order valence-electron chi connectivity index (χ2n) is 4.18. The van der Waals surface area contributed by atoms with Crippen molar-refractivity contribution < 1.29 is 14.5 Å². The van der Waals surface area contributed by atoms with E-state index in [1.54, 1.807) is 7.11 Å². The zero-order valence-corrected chi connectivity index (χ0v) is 10.9. The molecule has 0 spiro atoms. The molecule has 0 fully saturated rings. The number of nitrogens with two attached hydrogens (primary N) is 1. The smallest absolute Gasteiger partial charge is 0.270 e. The fourth-order valence-corrected chi connectivity index (χ4v) is 1.52. The second kappa shape index (κ2) is 6.69. The summed E-state index contributed by atoms with van der Waals surface area (Å²) in [6, 6.07) is 3.69. The minimum Gasteiger partial charge on any atom is -0.398 e. The third-order valence-corrected chi connectivity index (χ3v) is 2.62. The van der Waals surface area contributed by atoms with Gasteiger partial charge in [0, 0.05) is 37.6 Å². The molecule has 104 valence electrons. The largest absolute Gasteiger partial charge is 0.398 e. The number of anilines is 1. The maximum atomic E-state index is 12.0. The Bertz CT molecular complexity index is 476. The predicted octanol–water partition coefficient (Wildman–Crippen LogP) is 1.33. The Kier molecular flexibility index (Phi) is 5.25. The lowest BCUT2D eigenvalue weighted by Crippen LogP contribution is -2.33. The molecule has 19 heavy (non-hydrogen) atoms. The van der Waals surface area contributed by atoms with Gasteiger partial charge in [-0.05, 0) is 19.4 Å². The zero-order valence-electron chi connectivity index (χ0n) is 10.9. The van der Waals surface area contributed by atoms with Crippen LogP contribution in [0.4, 0.5) is 11.4 Å². The number of nitrogens with one attached hydrogen (secondary N) is 1. The number of nitro groups is 1. The van der Waals surface area contributed by atoms with E-state index in [9.17, 15) is 14.9 Å². The van der Waals surface area contributed by atoms with Crippen LogP contribution in [0, 0.1) is 10.1 Å². The normalized spacial score (nSPS) is 11.9. The summed E-state index contributed by atoms with van der Waals surface area (Å²) in [5.74, 6) is -0.426. The first-order valence-electron chi connectivity index (χ1n) is 5.79. The van der Waals surface area contributed by atoms with Crippen LogP contribution in [0.25, 0.3) is 0 Å². The molecule has 1 rings (SSSR count). The van der Waals surface area contributed by atoms with E-state index >= 15 is 0 Å². The van der Waals surface area contributed by atoms with E-state index in [0.29, 0.717) is 13.0 Å². The van der Waals surface area contributed by atoms with Gasteiger partial charge < -0.3 is 15.8 Å². The zero-order chi connectivity index (χ0) is 14.4. The number of rotatable bonds is 6. The number of nitro benzene ring substituents is 1. The minimum atomic E-state index is -0.565. The van der Waals surface area contributed by atoms with Crippen molar-refractivity contribution in [2.24, 2.45) is 0 Å². The highest BCUT2D eigenvalue weighted by atomic mass is 16.6. The van der Waals surface area contributed by atoms with Gasteiger partial charge in [0.2, 0.25) is 0 Å². The summed E-state index contributed by atoms with van der Waals surface area (Å²) in [4.78, 5) is 22.1. The van der Waals surface area contributed by atoms with Crippen LogP contribution >= 0.6 is 0 Å². The third kappa shape index (κ3) is 4.22. The van der Waals surface area contributed by atoms with E-state index in [2.05, 4.69) is 5.32 Å². The van der Waals surface area contributed by atoms with E-state index in [4.69, 9.17) is 10.5 Å². The standard InChI is InChI=1S/C12H17N3O4/c1-8(5-6-19-2)14-12(16)10-7-9(15(17)18)3-4-11(10)13/h3-4,7-8H,5-6,13H2,1-2H3,(H,14,16). The molecular weight excluding hydrogens is 250 g/mol. The number of carbonyl (C=O) groups is 1. The molecule has 0 aliphatic heterocycles. The lowest BCUT2D eigenvalue weighted by Gasteiger charge is -2.14. The summed E-state index contributed by atoms with van der Waals surface area (Å²) in [5, 5.41) is 13.4. The monoisotopic (exact) mass is 267 g/mol. The highest BCUT2D eigenvalue weighted by molar-refractivity contribution is 5.99. The highest BCUT2D eigenvalue weighted by Gasteiger charge is 2.16. The molecular formula is C12H17N3O4. The van der Waals surface area contributed by atoms with Crippen LogP contribution in [0.1, 0.15) is 23.7 Å². The molecule has 7 heteroatoms. The van der Waals surface area contributed by atoms with Gasteiger partial charge in [-0.15, -0.1) is 0 Å². The average molecular weight is 267 g/mol. The SMILES string of the molecule is COCCC(C)NC(=O)c1cc([N+](=O)[O-])ccc1N. The average Bonchev–Trinajstić information content (AvgIpc) is 2.36. The van der Waals surface area contributed by atoms with E-state index < -0.39 is 10.8 Å². The summed E-state index contributed by atoms with van der Waals surface area (Å²) in [6.07, 6.45) is 0.650. The molecule has 0 bridgehead atoms. The first-order chi connectivity index (χ1) is 8.95. The number of hydrogen-bond donors (Lipinski definition) is 2. The third-order valence-electron chi connectivity index (χ3n) is 2.62. The maximum Gasteiger partial charge on any atom is 0.270 e. The Morgan fingerprint density at radius 3 is 2.84 bits per heavy atom. The van der Waals surface area contributed by atoms with Gasteiger partial charge in [0.15, 0.2) is 0 Å². The van der Waals surface area contributed by atoms with Gasteiger partial charge in [-0.3, -0.25) is 14.9 Å². The summed E-state index contributed by atoms with van der Waals surface area (Å²) >= 11 is 0. The number of ether oxygens (including phenoxy) is 1. The minimum absolute atomic E-state index is 0.105. The van der Waals surface area contributed by atoms with Crippen molar-refractivity contribution in [3.63, 3.8) is 0 Å². The first kappa shape index (κ1) is 14.9. The molecule has 0 heterocycles. The Morgan fingerprint density at radius 1 is 1.58 bits per heavy atom. The lowest BCUT2D eigenvalue weighted by atomic mass is 10.1. The highest BCUT2D eigenvalue weighted by Crippen LogP contribution is 2.19. The van der Waals surface area contributed by atoms with Crippen molar-refractivity contribution >= 4 is 17.3 Å². The number of benzene rings is 1. The molecule has 0 saturated heterocycles. The molecule has 1 aromatic carbocycles. The molecule has 7 nitrogen and oxygen atoms in total. The van der Waals surface area contributed by atoms with Gasteiger partial charge in [-0.25, -0.2) is 0 Å². The number of amides is 1. The van der Waals surface area contributed by atoms with Crippen molar-refractivity contribution in [3.8, 4) is 0 Å². The van der Waals surface area contributed by atoms with Crippen LogP contribution in [-0.2, 0) is 4.74 Å². The number of nitrogens with zero attached hydrogens (tertiary/aromatic N) is 1. The topological polar surface area (TPSA) is 107 Å². The molecule has 1 atom stereocenters. The lowest BCUT2D eigenvalue weighted by molar-refractivity contribution is -0.384. The van der Waals surface area contributed by atoms with Crippen molar-refractivity contribution in [1.29, 1.82) is 0 Å². The van der Waals surface area contributed by atoms with Crippen LogP contribution in [-0.4, -0.2) is 30.6 Å². The van der Waals surface area contributed by atoms with E-state index in [0.717, 1.165) is 0 Å². The van der Waals surface area contributed by atoms with Crippen molar-refractivity contribution in [3.05, 3.63) is 33.9 Å². The molecule has 0 radical (unpaired) electrons. The summed E-state index contributed by atoms with van der Waals surface area (Å²) in [6.45, 7) is 2.34. The van der Waals surface area contributed by atoms with Gasteiger partial charge in [0.1, 0.15) is 0 Å². The summed E-state index contributed by atoms with van der Waals surface area (Å²) in [5.41, 5.74) is 5.82. The number of hydrogen-bond acceptors (Lipinski definition) is 5. The Hall–Kier alpha value is -2.15. The number of nitrogen functional groups attached to an aromatic ring is 1. The van der Waals surface area contributed by atoms with Crippen molar-refractivity contribution in [2.45, 2.75) is 19.4 Å². The molecule has 1 unspecified atom stereocenters. The fraction of sp³-hybridized carbons (Fsp3) is 0.417. The molecule has 0 saturated carbocycles. The van der Waals surface area contributed by atoms with Crippen molar-refractivity contribution in [2.75, 3.05) is 19.5 Å². The number of non-ortho nitro benzene ring substituents is 1. The molecule has 1 amide bonds. The Balaban J connectivity index is 2.81. The molecule has 0 aliphatic rings. The molecule has 1 aromatic rings. The molecule has 3 N–H and O–H groups in total. The van der Waals surface area contributed by atoms with Gasteiger partial charge in [0.25, 0.3) is 11.6 Å². The second-order valence-corrected chi connectivity index (χ2v) is 4.18. The van der Waals surface area contributed by atoms with Crippen LogP contribution in [0.3, 0.4) is 0 Å². The van der Waals surface area contributed by atoms with Crippen LogP contribution in [0.5, 0.6) is 0 Å². The summed E-state index contributed by atoms with van der Waals surface area (Å²) in [7, 11) is 1.58. The number of methoxy groups -OCH3 is 1. The van der Waals surface area contributed by atoms with Gasteiger partial charge >= 0.3 is 0 Å². The fourth-order valence-electron chi connectivity index (χ4n) is 1.52. The van der Waals surface area contributed by atoms with Crippen LogP contribution in [0.2, 0.25) is 0 Å². The predicted molar refractivity (Wildman–Crippen MR) is 70.9 cm³/mol. The van der Waals surface area contributed by atoms with E-state index in [1.807, 2.05) is 6.92 Å². The van der Waals surface area contributed by atoms with E-state index in [-0.39, 0.29) is 23.0 Å². The molecule has 0 aromatic heterocycles. The van der Waals surface area contributed by atoms with Crippen molar-refractivity contribution in [1.82, 2.24) is 5.32 Å². The van der Waals surface area contributed by atoms with Crippen LogP contribution < -0.4 is 11.1 Å². The first-order valence-corrected chi connectivity index (χ1v) is 5.79. The van der Waals surface area contributed by atoms with Gasteiger partial charge in [0.05, 0.1) is 10.5 Å². The van der Waals surface area contributed by atoms with E-state index in [1.165, 1.54) is 18.2 Å².